The highest BCUT2D eigenvalue weighted by molar-refractivity contribution is 6.01. The van der Waals surface area contributed by atoms with Gasteiger partial charge in [-0.2, -0.15) is 4.73 Å². The summed E-state index contributed by atoms with van der Waals surface area (Å²) in [5, 5.41) is 10.9. The molecule has 0 spiro atoms. The van der Waals surface area contributed by atoms with Gasteiger partial charge in [0.25, 0.3) is 0 Å². The third-order valence-corrected chi connectivity index (χ3v) is 3.08. The number of pyridine rings is 1. The monoisotopic (exact) mass is 317 g/mol. The number of hydrogen-bond donors (Lipinski definition) is 0. The molecule has 0 saturated carbocycles. The molecule has 0 aliphatic heterocycles. The minimum atomic E-state index is -0.688. The molecule has 7 nitrogen and oxygen atoms in total. The molecule has 2 aromatic rings. The minimum Gasteiger partial charge on any atom is -0.619 e. The summed E-state index contributed by atoms with van der Waals surface area (Å²) < 4.78 is 15.7. The predicted octanol–water partition coefficient (Wildman–Crippen LogP) is 1.38. The molecule has 7 heteroatoms. The van der Waals surface area contributed by atoms with Crippen molar-refractivity contribution in [2.75, 3.05) is 20.8 Å². The predicted molar refractivity (Wildman–Crippen MR) is 79.6 cm³/mol. The number of ketones is 1. The molecule has 0 aliphatic carbocycles. The van der Waals surface area contributed by atoms with E-state index in [0.717, 1.165) is 0 Å². The van der Waals surface area contributed by atoms with Crippen LogP contribution in [0.3, 0.4) is 0 Å². The van der Waals surface area contributed by atoms with Crippen molar-refractivity contribution in [3.63, 3.8) is 0 Å². The summed E-state index contributed by atoms with van der Waals surface area (Å²) in [7, 11) is 2.93. The van der Waals surface area contributed by atoms with E-state index in [-0.39, 0.29) is 11.1 Å². The summed E-state index contributed by atoms with van der Waals surface area (Å²) in [4.78, 5) is 24.0. The first-order valence-electron chi connectivity index (χ1n) is 6.66. The van der Waals surface area contributed by atoms with E-state index < -0.39 is 18.4 Å². The molecule has 0 aliphatic rings. The molecular formula is C16H15NO6. The minimum absolute atomic E-state index is 0.187. The molecule has 1 aromatic carbocycles. The third kappa shape index (κ3) is 3.97. The van der Waals surface area contributed by atoms with Crippen LogP contribution in [0.4, 0.5) is 0 Å². The highest BCUT2D eigenvalue weighted by Crippen LogP contribution is 2.25. The number of aromatic nitrogens is 1. The lowest BCUT2D eigenvalue weighted by molar-refractivity contribution is -0.605. The molecule has 0 bridgehead atoms. The van der Waals surface area contributed by atoms with Crippen molar-refractivity contribution in [2.45, 2.75) is 0 Å². The fourth-order valence-electron chi connectivity index (χ4n) is 1.87. The van der Waals surface area contributed by atoms with Crippen LogP contribution in [-0.2, 0) is 4.74 Å². The number of esters is 1. The molecule has 0 fully saturated rings. The van der Waals surface area contributed by atoms with Crippen molar-refractivity contribution < 1.29 is 28.5 Å². The normalized spacial score (nSPS) is 10.0. The van der Waals surface area contributed by atoms with E-state index in [9.17, 15) is 14.8 Å². The van der Waals surface area contributed by atoms with E-state index in [2.05, 4.69) is 0 Å². The van der Waals surface area contributed by atoms with Crippen LogP contribution in [0.25, 0.3) is 0 Å². The first-order valence-corrected chi connectivity index (χ1v) is 6.66. The van der Waals surface area contributed by atoms with Crippen molar-refractivity contribution in [2.24, 2.45) is 0 Å². The maximum atomic E-state index is 12.2. The second kappa shape index (κ2) is 7.26. The van der Waals surface area contributed by atoms with E-state index in [1.165, 1.54) is 44.8 Å². The number of Topliss-reactive ketones (excluding diaryl/α,β-unsaturated/α-hetero) is 1. The second-order valence-corrected chi connectivity index (χ2v) is 4.51. The zero-order valence-electron chi connectivity index (χ0n) is 12.6. The van der Waals surface area contributed by atoms with E-state index in [1.54, 1.807) is 12.1 Å². The summed E-state index contributed by atoms with van der Waals surface area (Å²) in [6.45, 7) is -0.437. The van der Waals surface area contributed by atoms with Crippen molar-refractivity contribution >= 4 is 11.8 Å². The number of carbonyl (C=O) groups excluding carboxylic acids is 2. The van der Waals surface area contributed by atoms with Gasteiger partial charge in [-0.25, -0.2) is 4.79 Å². The maximum Gasteiger partial charge on any atom is 0.339 e. The molecule has 1 heterocycles. The van der Waals surface area contributed by atoms with Crippen molar-refractivity contribution in [1.82, 2.24) is 0 Å². The molecule has 0 unspecified atom stereocenters. The molecule has 120 valence electrons. The smallest absolute Gasteiger partial charge is 0.339 e. The fourth-order valence-corrected chi connectivity index (χ4v) is 1.87. The summed E-state index contributed by atoms with van der Waals surface area (Å²) in [5.41, 5.74) is 0.471. The number of ether oxygens (including phenoxy) is 3. The Kier molecular flexibility index (Phi) is 5.14. The van der Waals surface area contributed by atoms with Crippen molar-refractivity contribution in [3.05, 3.63) is 59.1 Å². The number of nitrogens with zero attached hydrogens (tertiary/aromatic N) is 1. The second-order valence-electron chi connectivity index (χ2n) is 4.51. The third-order valence-electron chi connectivity index (χ3n) is 3.08. The average molecular weight is 317 g/mol. The lowest BCUT2D eigenvalue weighted by atomic mass is 10.1. The van der Waals surface area contributed by atoms with Gasteiger partial charge in [-0.3, -0.25) is 4.79 Å². The number of benzene rings is 1. The summed E-state index contributed by atoms with van der Waals surface area (Å²) >= 11 is 0. The lowest BCUT2D eigenvalue weighted by Gasteiger charge is -2.10. The van der Waals surface area contributed by atoms with Crippen molar-refractivity contribution in [3.8, 4) is 11.5 Å². The van der Waals surface area contributed by atoms with Gasteiger partial charge in [0.05, 0.1) is 25.3 Å². The maximum absolute atomic E-state index is 12.2. The summed E-state index contributed by atoms with van der Waals surface area (Å²) in [5.74, 6) is -0.220. The van der Waals surface area contributed by atoms with E-state index in [0.29, 0.717) is 16.2 Å². The quantitative estimate of drug-likeness (QED) is 0.346. The number of carbonyl (C=O) groups is 2. The highest BCUT2D eigenvalue weighted by atomic mass is 16.5. The van der Waals surface area contributed by atoms with Gasteiger partial charge in [0, 0.05) is 18.2 Å². The Morgan fingerprint density at radius 3 is 2.39 bits per heavy atom. The Morgan fingerprint density at radius 2 is 1.78 bits per heavy atom. The van der Waals surface area contributed by atoms with Gasteiger partial charge in [-0.05, 0) is 12.1 Å². The van der Waals surface area contributed by atoms with Crippen LogP contribution in [0.2, 0.25) is 0 Å². The van der Waals surface area contributed by atoms with Gasteiger partial charge in [0.1, 0.15) is 11.5 Å². The van der Waals surface area contributed by atoms with E-state index in [1.807, 2.05) is 0 Å². The van der Waals surface area contributed by atoms with E-state index in [4.69, 9.17) is 14.2 Å². The topological polar surface area (TPSA) is 88.8 Å². The van der Waals surface area contributed by atoms with Crippen LogP contribution in [0.5, 0.6) is 11.5 Å². The van der Waals surface area contributed by atoms with Crippen LogP contribution < -0.4 is 14.2 Å². The Balaban J connectivity index is 2.04. The standard InChI is InChI=1S/C16H15NO6/c1-21-12-3-4-13(15(9-12)22-2)14(18)10-23-16(19)11-5-7-17(20)8-6-11/h3-9H,10H2,1-2H3. The SMILES string of the molecule is COc1ccc(C(=O)COC(=O)c2cc[n+]([O-])cc2)c(OC)c1. The van der Waals surface area contributed by atoms with Gasteiger partial charge < -0.3 is 19.4 Å². The van der Waals surface area contributed by atoms with Crippen LogP contribution in [-0.4, -0.2) is 32.6 Å². The van der Waals surface area contributed by atoms with Crippen LogP contribution in [0, 0.1) is 5.21 Å². The van der Waals surface area contributed by atoms with Gasteiger partial charge in [0.15, 0.2) is 19.0 Å². The van der Waals surface area contributed by atoms with Gasteiger partial charge in [-0.1, -0.05) is 0 Å². The first-order chi connectivity index (χ1) is 11.0. The fraction of sp³-hybridized carbons (Fsp3) is 0.188. The zero-order chi connectivity index (χ0) is 16.8. The summed E-state index contributed by atoms with van der Waals surface area (Å²) in [6, 6.07) is 7.35. The summed E-state index contributed by atoms with van der Waals surface area (Å²) in [6.07, 6.45) is 2.34. The highest BCUT2D eigenvalue weighted by Gasteiger charge is 2.16. The van der Waals surface area contributed by atoms with Gasteiger partial charge in [-0.15, -0.1) is 0 Å². The molecule has 23 heavy (non-hydrogen) atoms. The number of hydrogen-bond acceptors (Lipinski definition) is 6. The van der Waals surface area contributed by atoms with Gasteiger partial charge in [0.2, 0.25) is 5.78 Å². The molecular weight excluding hydrogens is 302 g/mol. The Labute approximate surface area is 132 Å². The average Bonchev–Trinajstić information content (AvgIpc) is 2.59. The Hall–Kier alpha value is -3.09. The van der Waals surface area contributed by atoms with Gasteiger partial charge >= 0.3 is 5.97 Å². The molecule has 0 N–H and O–H groups in total. The lowest BCUT2D eigenvalue weighted by Crippen LogP contribution is -2.24. The largest absolute Gasteiger partial charge is 0.619 e. The Morgan fingerprint density at radius 1 is 1.09 bits per heavy atom. The number of methoxy groups -OCH3 is 2. The molecule has 0 amide bonds. The molecule has 2 rings (SSSR count). The first kappa shape index (κ1) is 16.3. The van der Waals surface area contributed by atoms with Crippen molar-refractivity contribution in [1.29, 1.82) is 0 Å². The van der Waals surface area contributed by atoms with E-state index >= 15 is 0 Å². The van der Waals surface area contributed by atoms with Crippen LogP contribution >= 0.6 is 0 Å². The van der Waals surface area contributed by atoms with Crippen LogP contribution in [0.1, 0.15) is 20.7 Å². The zero-order valence-corrected chi connectivity index (χ0v) is 12.6. The Bertz CT molecular complexity index is 711. The molecule has 0 saturated heterocycles. The molecule has 0 radical (unpaired) electrons. The molecule has 1 aromatic heterocycles. The molecule has 0 atom stereocenters. The van der Waals surface area contributed by atoms with Crippen LogP contribution in [0.15, 0.2) is 42.7 Å². The number of rotatable bonds is 6.